The molecule has 0 N–H and O–H groups in total. The van der Waals surface area contributed by atoms with E-state index in [0.717, 1.165) is 0 Å². The first-order valence-electron chi connectivity index (χ1n) is 4.70. The minimum absolute atomic E-state index is 0.0195. The van der Waals surface area contributed by atoms with Crippen molar-refractivity contribution < 1.29 is 14.4 Å². The Morgan fingerprint density at radius 3 is 2.14 bits per heavy atom. The molecule has 80 valence electrons. The third kappa shape index (κ3) is 2.94. The lowest BCUT2D eigenvalue weighted by Gasteiger charge is -2.25. The monoisotopic (exact) mass is 199 g/mol. The van der Waals surface area contributed by atoms with Gasteiger partial charge in [-0.05, 0) is 5.92 Å². The predicted molar refractivity (Wildman–Crippen MR) is 52.8 cm³/mol. The Kier molecular flexibility index (Phi) is 5.05. The third-order valence-corrected chi connectivity index (χ3v) is 2.15. The van der Waals surface area contributed by atoms with Crippen LogP contribution in [0.1, 0.15) is 27.2 Å². The Morgan fingerprint density at radius 1 is 1.36 bits per heavy atom. The number of hydrogen-bond donors (Lipinski definition) is 0. The first-order chi connectivity index (χ1) is 6.45. The van der Waals surface area contributed by atoms with Crippen molar-refractivity contribution in [3.8, 4) is 0 Å². The Morgan fingerprint density at radius 2 is 1.86 bits per heavy atom. The number of nitrogens with zero attached hydrogens (tertiary/aromatic N) is 1. The molecule has 0 bridgehead atoms. The Labute approximate surface area is 84.3 Å². The van der Waals surface area contributed by atoms with Gasteiger partial charge in [-0.1, -0.05) is 20.8 Å². The lowest BCUT2D eigenvalue weighted by atomic mass is 10.0. The summed E-state index contributed by atoms with van der Waals surface area (Å²) in [6.45, 7) is 5.29. The first kappa shape index (κ1) is 12.8. The van der Waals surface area contributed by atoms with Gasteiger partial charge in [-0.25, -0.2) is 0 Å². The topological polar surface area (TPSA) is 54.5 Å². The fourth-order valence-corrected chi connectivity index (χ4v) is 1.18. The predicted octanol–water partition coefficient (Wildman–Crippen LogP) is 0.647. The van der Waals surface area contributed by atoms with Crippen LogP contribution in [0.2, 0.25) is 0 Å². The summed E-state index contributed by atoms with van der Waals surface area (Å²) < 4.78 is 0. The van der Waals surface area contributed by atoms with Crippen molar-refractivity contribution >= 4 is 18.0 Å². The second kappa shape index (κ2) is 5.52. The smallest absolute Gasteiger partial charge is 0.290 e. The zero-order valence-electron chi connectivity index (χ0n) is 9.11. The van der Waals surface area contributed by atoms with Gasteiger partial charge in [0.05, 0.1) is 6.04 Å². The van der Waals surface area contributed by atoms with Crippen LogP contribution in [0, 0.1) is 5.92 Å². The molecule has 0 aromatic heterocycles. The molecular formula is C10H17NO3. The molecule has 4 nitrogen and oxygen atoms in total. The quantitative estimate of drug-likeness (QED) is 0.482. The molecule has 0 radical (unpaired) electrons. The van der Waals surface area contributed by atoms with E-state index in [9.17, 15) is 14.4 Å². The molecular weight excluding hydrogens is 182 g/mol. The summed E-state index contributed by atoms with van der Waals surface area (Å²) in [6, 6.07) is -0.516. The number of amides is 1. The molecule has 1 amide bonds. The van der Waals surface area contributed by atoms with Gasteiger partial charge < -0.3 is 9.69 Å². The van der Waals surface area contributed by atoms with E-state index < -0.39 is 17.7 Å². The number of carbonyl (C=O) groups excluding carboxylic acids is 3. The van der Waals surface area contributed by atoms with E-state index in [1.165, 1.54) is 11.9 Å². The normalized spacial score (nSPS) is 12.4. The highest BCUT2D eigenvalue weighted by Gasteiger charge is 2.25. The SMILES string of the molecule is CCC(=O)C(=O)N(C)C(C=O)C(C)C. The van der Waals surface area contributed by atoms with Gasteiger partial charge in [-0.3, -0.25) is 9.59 Å². The minimum Gasteiger partial charge on any atom is -0.329 e. The molecule has 0 fully saturated rings. The summed E-state index contributed by atoms with van der Waals surface area (Å²) in [4.78, 5) is 34.4. The van der Waals surface area contributed by atoms with Crippen LogP contribution in [-0.4, -0.2) is 36.0 Å². The van der Waals surface area contributed by atoms with Crippen LogP contribution in [0.3, 0.4) is 0 Å². The van der Waals surface area contributed by atoms with Crippen LogP contribution in [0.5, 0.6) is 0 Å². The van der Waals surface area contributed by atoms with Gasteiger partial charge in [0.25, 0.3) is 5.91 Å². The minimum atomic E-state index is -0.585. The van der Waals surface area contributed by atoms with Crippen molar-refractivity contribution in [2.75, 3.05) is 7.05 Å². The van der Waals surface area contributed by atoms with Crippen LogP contribution in [0.15, 0.2) is 0 Å². The Hall–Kier alpha value is -1.19. The highest BCUT2D eigenvalue weighted by Crippen LogP contribution is 2.07. The number of ketones is 1. The molecule has 0 aliphatic carbocycles. The third-order valence-electron chi connectivity index (χ3n) is 2.15. The summed E-state index contributed by atoms with van der Waals surface area (Å²) in [6.07, 6.45) is 0.873. The van der Waals surface area contributed by atoms with Crippen molar-refractivity contribution in [3.05, 3.63) is 0 Å². The van der Waals surface area contributed by atoms with E-state index in [1.54, 1.807) is 6.92 Å². The molecule has 1 atom stereocenters. The molecule has 0 heterocycles. The largest absolute Gasteiger partial charge is 0.329 e. The molecule has 14 heavy (non-hydrogen) atoms. The second-order valence-electron chi connectivity index (χ2n) is 3.56. The summed E-state index contributed by atoms with van der Waals surface area (Å²) in [5, 5.41) is 0. The standard InChI is InChI=1S/C10H17NO3/c1-5-9(13)10(14)11(4)8(6-12)7(2)3/h6-8H,5H2,1-4H3. The van der Waals surface area contributed by atoms with Crippen molar-refractivity contribution in [2.45, 2.75) is 33.2 Å². The zero-order chi connectivity index (χ0) is 11.3. The highest BCUT2D eigenvalue weighted by atomic mass is 16.2. The van der Waals surface area contributed by atoms with Crippen molar-refractivity contribution in [2.24, 2.45) is 5.92 Å². The summed E-state index contributed by atoms with van der Waals surface area (Å²) in [5.41, 5.74) is 0. The molecule has 4 heteroatoms. The number of carbonyl (C=O) groups is 3. The van der Waals surface area contributed by atoms with Gasteiger partial charge in [0.2, 0.25) is 5.78 Å². The van der Waals surface area contributed by atoms with Crippen LogP contribution >= 0.6 is 0 Å². The Bertz CT molecular complexity index is 236. The van der Waals surface area contributed by atoms with Crippen molar-refractivity contribution in [1.29, 1.82) is 0 Å². The number of aldehydes is 1. The number of Topliss-reactive ketones (excluding diaryl/α,β-unsaturated/α-hetero) is 1. The molecule has 0 spiro atoms. The van der Waals surface area contributed by atoms with Gasteiger partial charge in [-0.15, -0.1) is 0 Å². The maximum atomic E-state index is 11.4. The fraction of sp³-hybridized carbons (Fsp3) is 0.700. The fourth-order valence-electron chi connectivity index (χ4n) is 1.18. The highest BCUT2D eigenvalue weighted by molar-refractivity contribution is 6.36. The van der Waals surface area contributed by atoms with Gasteiger partial charge in [0.1, 0.15) is 6.29 Å². The second-order valence-corrected chi connectivity index (χ2v) is 3.56. The number of likely N-dealkylation sites (N-methyl/N-ethyl adjacent to an activating group) is 1. The van der Waals surface area contributed by atoms with Crippen molar-refractivity contribution in [1.82, 2.24) is 4.90 Å². The summed E-state index contributed by atoms with van der Waals surface area (Å²) in [7, 11) is 1.48. The lowest BCUT2D eigenvalue weighted by Crippen LogP contribution is -2.44. The van der Waals surface area contributed by atoms with Crippen LogP contribution in [-0.2, 0) is 14.4 Å². The van der Waals surface area contributed by atoms with Crippen LogP contribution in [0.4, 0.5) is 0 Å². The van der Waals surface area contributed by atoms with Gasteiger partial charge in [0.15, 0.2) is 0 Å². The molecule has 0 aromatic carbocycles. The molecule has 1 unspecified atom stereocenters. The maximum Gasteiger partial charge on any atom is 0.290 e. The number of rotatable bonds is 5. The lowest BCUT2D eigenvalue weighted by molar-refractivity contribution is -0.146. The van der Waals surface area contributed by atoms with Gasteiger partial charge >= 0.3 is 0 Å². The van der Waals surface area contributed by atoms with E-state index in [2.05, 4.69) is 0 Å². The molecule has 0 aliphatic heterocycles. The molecule has 0 saturated heterocycles. The average molecular weight is 199 g/mol. The summed E-state index contributed by atoms with van der Waals surface area (Å²) >= 11 is 0. The first-order valence-corrected chi connectivity index (χ1v) is 4.70. The molecule has 0 rings (SSSR count). The van der Waals surface area contributed by atoms with E-state index >= 15 is 0 Å². The van der Waals surface area contributed by atoms with Gasteiger partial charge in [-0.2, -0.15) is 0 Å². The average Bonchev–Trinajstić information content (AvgIpc) is 2.15. The molecule has 0 aromatic rings. The molecule has 0 saturated carbocycles. The van der Waals surface area contributed by atoms with Crippen molar-refractivity contribution in [3.63, 3.8) is 0 Å². The molecule has 0 aliphatic rings. The van der Waals surface area contributed by atoms with E-state index in [-0.39, 0.29) is 12.3 Å². The van der Waals surface area contributed by atoms with E-state index in [1.807, 2.05) is 13.8 Å². The summed E-state index contributed by atoms with van der Waals surface area (Å²) in [5.74, 6) is -1.02. The van der Waals surface area contributed by atoms with Gasteiger partial charge in [0, 0.05) is 13.5 Å². The maximum absolute atomic E-state index is 11.4. The van der Waals surface area contributed by atoms with E-state index in [0.29, 0.717) is 6.29 Å². The number of hydrogen-bond acceptors (Lipinski definition) is 3. The van der Waals surface area contributed by atoms with Crippen LogP contribution < -0.4 is 0 Å². The zero-order valence-corrected chi connectivity index (χ0v) is 9.11. The van der Waals surface area contributed by atoms with Crippen LogP contribution in [0.25, 0.3) is 0 Å². The van der Waals surface area contributed by atoms with E-state index in [4.69, 9.17) is 0 Å². The Balaban J connectivity index is 4.58.